The zero-order chi connectivity index (χ0) is 17.4. The summed E-state index contributed by atoms with van der Waals surface area (Å²) < 4.78 is 25.6. The number of benzene rings is 2. The first kappa shape index (κ1) is 15.7. The summed E-state index contributed by atoms with van der Waals surface area (Å²) in [5.74, 6) is 0. The van der Waals surface area contributed by atoms with E-state index in [2.05, 4.69) is 15.1 Å². The maximum Gasteiger partial charge on any atom is 0.247 e. The summed E-state index contributed by atoms with van der Waals surface area (Å²) in [4.78, 5) is 9.01. The molecule has 0 N–H and O–H groups in total. The van der Waals surface area contributed by atoms with Gasteiger partial charge in [0.25, 0.3) is 0 Å². The Morgan fingerprint density at radius 2 is 1.68 bits per heavy atom. The Balaban J connectivity index is 1.77. The van der Waals surface area contributed by atoms with Gasteiger partial charge in [-0.1, -0.05) is 42.5 Å². The highest BCUT2D eigenvalue weighted by atomic mass is 32.2. The summed E-state index contributed by atoms with van der Waals surface area (Å²) in [5, 5.41) is 4.36. The van der Waals surface area contributed by atoms with Crippen LogP contribution in [0.4, 0.5) is 0 Å². The van der Waals surface area contributed by atoms with Gasteiger partial charge in [-0.15, -0.1) is 0 Å². The topological polar surface area (TPSA) is 75.5 Å². The number of hydrazone groups is 1. The van der Waals surface area contributed by atoms with E-state index in [-0.39, 0.29) is 0 Å². The normalized spacial score (nSPS) is 17.7. The molecule has 1 atom stereocenters. The zero-order valence-corrected chi connectivity index (χ0v) is 14.4. The van der Waals surface area contributed by atoms with E-state index in [0.29, 0.717) is 12.1 Å². The number of hydrogen-bond acceptors (Lipinski definition) is 5. The average molecular weight is 352 g/mol. The molecule has 0 saturated carbocycles. The fraction of sp³-hybridized carbons (Fsp3) is 0.167. The minimum Gasteiger partial charge on any atom is -0.253 e. The van der Waals surface area contributed by atoms with Crippen LogP contribution in [0.3, 0.4) is 0 Å². The van der Waals surface area contributed by atoms with Crippen LogP contribution in [-0.2, 0) is 10.0 Å². The predicted molar refractivity (Wildman–Crippen MR) is 96.6 cm³/mol. The van der Waals surface area contributed by atoms with Crippen molar-refractivity contribution in [1.82, 2.24) is 14.4 Å². The molecular weight excluding hydrogens is 336 g/mol. The SMILES string of the molecule is CS(=O)(=O)N1N=C(c2ccccc2)CC1c1cnc2ccccc2n1. The van der Waals surface area contributed by atoms with Gasteiger partial charge in [0.1, 0.15) is 6.04 Å². The number of aromatic nitrogens is 2. The molecule has 0 saturated heterocycles. The van der Waals surface area contributed by atoms with Crippen LogP contribution < -0.4 is 0 Å². The second kappa shape index (κ2) is 5.93. The summed E-state index contributed by atoms with van der Waals surface area (Å²) in [6.45, 7) is 0. The molecule has 2 aromatic carbocycles. The average Bonchev–Trinajstić information content (AvgIpc) is 3.08. The minimum absolute atomic E-state index is 0.462. The third-order valence-corrected chi connectivity index (χ3v) is 5.14. The van der Waals surface area contributed by atoms with Crippen molar-refractivity contribution in [3.8, 4) is 0 Å². The molecule has 1 aliphatic heterocycles. The molecule has 1 aromatic heterocycles. The molecule has 0 bridgehead atoms. The largest absolute Gasteiger partial charge is 0.253 e. The summed E-state index contributed by atoms with van der Waals surface area (Å²) in [6, 6.07) is 16.6. The minimum atomic E-state index is -3.52. The monoisotopic (exact) mass is 352 g/mol. The maximum atomic E-state index is 12.2. The fourth-order valence-corrected chi connectivity index (χ4v) is 3.84. The van der Waals surface area contributed by atoms with E-state index in [1.54, 1.807) is 6.20 Å². The second-order valence-corrected chi connectivity index (χ2v) is 7.79. The van der Waals surface area contributed by atoms with Gasteiger partial charge in [-0.2, -0.15) is 9.52 Å². The lowest BCUT2D eigenvalue weighted by molar-refractivity contribution is 0.368. The first-order valence-electron chi connectivity index (χ1n) is 7.86. The van der Waals surface area contributed by atoms with Gasteiger partial charge in [0.2, 0.25) is 10.0 Å². The molecule has 3 aromatic rings. The standard InChI is InChI=1S/C18H16N4O2S/c1-25(23,24)22-18(11-16(21-22)13-7-3-2-4-8-13)17-12-19-14-9-5-6-10-15(14)20-17/h2-10,12,18H,11H2,1H3. The van der Waals surface area contributed by atoms with E-state index in [0.717, 1.165) is 33.0 Å². The highest BCUT2D eigenvalue weighted by Crippen LogP contribution is 2.33. The molecule has 6 nitrogen and oxygen atoms in total. The summed E-state index contributed by atoms with van der Waals surface area (Å²) in [5.41, 5.74) is 3.75. The Hall–Kier alpha value is -2.80. The lowest BCUT2D eigenvalue weighted by Gasteiger charge is -2.20. The number of nitrogens with zero attached hydrogens (tertiary/aromatic N) is 4. The van der Waals surface area contributed by atoms with Crippen LogP contribution in [0.25, 0.3) is 11.0 Å². The van der Waals surface area contributed by atoms with Crippen LogP contribution in [0.2, 0.25) is 0 Å². The number of sulfonamides is 1. The Kier molecular flexibility index (Phi) is 3.73. The zero-order valence-electron chi connectivity index (χ0n) is 13.6. The molecule has 25 heavy (non-hydrogen) atoms. The fourth-order valence-electron chi connectivity index (χ4n) is 2.95. The smallest absolute Gasteiger partial charge is 0.247 e. The third-order valence-electron chi connectivity index (χ3n) is 4.13. The first-order chi connectivity index (χ1) is 12.0. The van der Waals surface area contributed by atoms with E-state index in [4.69, 9.17) is 0 Å². The summed E-state index contributed by atoms with van der Waals surface area (Å²) in [7, 11) is -3.52. The molecule has 4 rings (SSSR count). The first-order valence-corrected chi connectivity index (χ1v) is 9.71. The lowest BCUT2D eigenvalue weighted by atomic mass is 10.0. The van der Waals surface area contributed by atoms with Crippen LogP contribution in [0.1, 0.15) is 23.7 Å². The van der Waals surface area contributed by atoms with Gasteiger partial charge in [-0.25, -0.2) is 13.4 Å². The molecule has 0 amide bonds. The molecule has 0 fully saturated rings. The molecule has 0 radical (unpaired) electrons. The van der Waals surface area contributed by atoms with Crippen molar-refractivity contribution in [2.75, 3.05) is 6.26 Å². The van der Waals surface area contributed by atoms with Crippen molar-refractivity contribution in [2.45, 2.75) is 12.5 Å². The van der Waals surface area contributed by atoms with E-state index < -0.39 is 16.1 Å². The van der Waals surface area contributed by atoms with Crippen molar-refractivity contribution < 1.29 is 8.42 Å². The highest BCUT2D eigenvalue weighted by molar-refractivity contribution is 7.88. The van der Waals surface area contributed by atoms with E-state index in [1.165, 1.54) is 0 Å². The van der Waals surface area contributed by atoms with Gasteiger partial charge >= 0.3 is 0 Å². The van der Waals surface area contributed by atoms with Crippen LogP contribution in [0, 0.1) is 0 Å². The molecule has 0 aliphatic carbocycles. The van der Waals surface area contributed by atoms with Gasteiger partial charge in [-0.05, 0) is 17.7 Å². The van der Waals surface area contributed by atoms with Gasteiger partial charge in [-0.3, -0.25) is 4.98 Å². The molecular formula is C18H16N4O2S. The van der Waals surface area contributed by atoms with Gasteiger partial charge in [0, 0.05) is 6.42 Å². The van der Waals surface area contributed by atoms with Gasteiger partial charge in [0.05, 0.1) is 34.9 Å². The Labute approximate surface area is 145 Å². The van der Waals surface area contributed by atoms with Crippen LogP contribution in [-0.4, -0.2) is 34.8 Å². The molecule has 2 heterocycles. The number of rotatable bonds is 3. The van der Waals surface area contributed by atoms with Crippen molar-refractivity contribution >= 4 is 26.8 Å². The van der Waals surface area contributed by atoms with Gasteiger partial charge in [0.15, 0.2) is 0 Å². The second-order valence-electron chi connectivity index (χ2n) is 5.95. The number of hydrogen-bond donors (Lipinski definition) is 0. The number of para-hydroxylation sites is 2. The Bertz CT molecular complexity index is 1060. The van der Waals surface area contributed by atoms with Crippen LogP contribution in [0.5, 0.6) is 0 Å². The lowest BCUT2D eigenvalue weighted by Crippen LogP contribution is -2.26. The van der Waals surface area contributed by atoms with Crippen LogP contribution in [0.15, 0.2) is 65.9 Å². The molecule has 1 aliphatic rings. The van der Waals surface area contributed by atoms with Crippen molar-refractivity contribution in [3.63, 3.8) is 0 Å². The molecule has 7 heteroatoms. The Morgan fingerprint density at radius 1 is 1.00 bits per heavy atom. The van der Waals surface area contributed by atoms with E-state index in [1.807, 2.05) is 54.6 Å². The molecule has 126 valence electrons. The van der Waals surface area contributed by atoms with Crippen LogP contribution >= 0.6 is 0 Å². The molecule has 1 unspecified atom stereocenters. The Morgan fingerprint density at radius 3 is 2.40 bits per heavy atom. The summed E-state index contributed by atoms with van der Waals surface area (Å²) >= 11 is 0. The maximum absolute atomic E-state index is 12.2. The van der Waals surface area contributed by atoms with Crippen molar-refractivity contribution in [1.29, 1.82) is 0 Å². The molecule has 0 spiro atoms. The number of fused-ring (bicyclic) bond motifs is 1. The third kappa shape index (κ3) is 2.98. The van der Waals surface area contributed by atoms with Crippen molar-refractivity contribution in [3.05, 3.63) is 72.1 Å². The van der Waals surface area contributed by atoms with E-state index in [9.17, 15) is 8.42 Å². The predicted octanol–water partition coefficient (Wildman–Crippen LogP) is 2.74. The van der Waals surface area contributed by atoms with E-state index >= 15 is 0 Å². The highest BCUT2D eigenvalue weighted by Gasteiger charge is 2.35. The quantitative estimate of drug-likeness (QED) is 0.726. The van der Waals surface area contributed by atoms with Gasteiger partial charge < -0.3 is 0 Å². The van der Waals surface area contributed by atoms with Crippen molar-refractivity contribution in [2.24, 2.45) is 5.10 Å². The summed E-state index contributed by atoms with van der Waals surface area (Å²) in [6.07, 6.45) is 3.25.